The number of hydrogen-bond donors (Lipinski definition) is 0. The van der Waals surface area contributed by atoms with Gasteiger partial charge in [0.25, 0.3) is 0 Å². The first-order valence-corrected chi connectivity index (χ1v) is 7.73. The molecule has 0 aliphatic carbocycles. The minimum absolute atomic E-state index is 0. The van der Waals surface area contributed by atoms with Crippen LogP contribution in [0.3, 0.4) is 0 Å². The molecule has 0 bridgehead atoms. The predicted octanol–water partition coefficient (Wildman–Crippen LogP) is -4.78. The van der Waals surface area contributed by atoms with Crippen molar-refractivity contribution in [1.29, 1.82) is 0 Å². The van der Waals surface area contributed by atoms with E-state index in [9.17, 15) is 0 Å². The van der Waals surface area contributed by atoms with Crippen LogP contribution in [0.25, 0.3) is 0 Å². The summed E-state index contributed by atoms with van der Waals surface area (Å²) in [5, 5.41) is 0. The van der Waals surface area contributed by atoms with E-state index in [4.69, 9.17) is 0 Å². The first-order valence-electron chi connectivity index (χ1n) is 2.08. The largest absolute Gasteiger partial charge is 1.00 e. The zero-order chi connectivity index (χ0) is 5.21. The molecule has 0 aliphatic heterocycles. The van der Waals surface area contributed by atoms with Crippen LogP contribution in [0.4, 0.5) is 0 Å². The summed E-state index contributed by atoms with van der Waals surface area (Å²) >= 11 is 1.28. The summed E-state index contributed by atoms with van der Waals surface area (Å²) in [6.07, 6.45) is 0. The summed E-state index contributed by atoms with van der Waals surface area (Å²) in [5.74, 6) is 0. The van der Waals surface area contributed by atoms with Crippen molar-refractivity contribution < 1.29 is 48.7 Å². The number of hydrogen-bond acceptors (Lipinski definition) is 0. The van der Waals surface area contributed by atoms with Gasteiger partial charge in [0, 0.05) is 0 Å². The Kier molecular flexibility index (Phi) is 13.5. The molecule has 0 heterocycles. The molecule has 0 saturated heterocycles. The molecule has 0 N–H and O–H groups in total. The molecule has 0 aromatic rings. The van der Waals surface area contributed by atoms with E-state index >= 15 is 0 Å². The Morgan fingerprint density at radius 2 is 1.25 bits per heavy atom. The predicted molar refractivity (Wildman–Crippen MR) is 29.4 cm³/mol. The van der Waals surface area contributed by atoms with Crippen molar-refractivity contribution in [1.82, 2.24) is 0 Å². The Morgan fingerprint density at radius 1 is 1.12 bits per heavy atom. The van der Waals surface area contributed by atoms with Crippen LogP contribution in [0.1, 0.15) is 0 Å². The SMILES string of the molecule is C[Si](C)(C)[CH]=[Hf+2].[Cl-].[Cl-]. The molecule has 0 spiro atoms. The molecule has 48 valence electrons. The standard InChI is InChI=1S/C4H10Si.2ClH.Hf/c1-5(2,3)4;;;/h1H,2-4H3;2*1H;/q;;;+2/p-2. The molecule has 0 aliphatic rings. The third kappa shape index (κ3) is 15.6. The summed E-state index contributed by atoms with van der Waals surface area (Å²) in [6, 6.07) is 0. The molecular weight excluding hydrogens is 326 g/mol. The van der Waals surface area contributed by atoms with Crippen molar-refractivity contribution in [3.05, 3.63) is 0 Å². The van der Waals surface area contributed by atoms with E-state index in [1.165, 1.54) is 23.9 Å². The topological polar surface area (TPSA) is 0 Å². The van der Waals surface area contributed by atoms with Crippen LogP contribution >= 0.6 is 0 Å². The van der Waals surface area contributed by atoms with Crippen LogP contribution in [-0.4, -0.2) is 11.5 Å². The molecule has 0 unspecified atom stereocenters. The second-order valence-electron chi connectivity index (χ2n) is 2.51. The van der Waals surface area contributed by atoms with E-state index in [0.717, 1.165) is 0 Å². The van der Waals surface area contributed by atoms with Gasteiger partial charge in [0.1, 0.15) is 0 Å². The average molecular weight is 336 g/mol. The van der Waals surface area contributed by atoms with Gasteiger partial charge in [-0.15, -0.1) is 0 Å². The fourth-order valence-electron chi connectivity index (χ4n) is 0. The van der Waals surface area contributed by atoms with Gasteiger partial charge in [-0.25, -0.2) is 0 Å². The number of rotatable bonds is 1. The molecule has 0 rings (SSSR count). The molecule has 0 amide bonds. The second kappa shape index (κ2) is 6.65. The van der Waals surface area contributed by atoms with Gasteiger partial charge in [-0.05, 0) is 0 Å². The van der Waals surface area contributed by atoms with Gasteiger partial charge in [-0.1, -0.05) is 0 Å². The first-order chi connectivity index (χ1) is 2.56. The molecular formula is C4H10Cl2HfSi. The van der Waals surface area contributed by atoms with Crippen molar-refractivity contribution >= 4 is 11.5 Å². The molecule has 0 radical (unpaired) electrons. The molecule has 0 nitrogen and oxygen atoms in total. The van der Waals surface area contributed by atoms with Crippen LogP contribution in [0.2, 0.25) is 19.6 Å². The van der Waals surface area contributed by atoms with Crippen molar-refractivity contribution in [2.45, 2.75) is 19.6 Å². The van der Waals surface area contributed by atoms with E-state index in [2.05, 4.69) is 23.0 Å². The van der Waals surface area contributed by atoms with Crippen LogP contribution in [-0.2, 0) is 23.9 Å². The van der Waals surface area contributed by atoms with Crippen molar-refractivity contribution in [2.75, 3.05) is 0 Å². The van der Waals surface area contributed by atoms with Gasteiger partial charge in [-0.2, -0.15) is 0 Å². The Hall–Kier alpha value is 1.54. The molecule has 0 aromatic heterocycles. The summed E-state index contributed by atoms with van der Waals surface area (Å²) in [7, 11) is -0.694. The van der Waals surface area contributed by atoms with Gasteiger partial charge in [0.15, 0.2) is 0 Å². The fraction of sp³-hybridized carbons (Fsp3) is 0.750. The second-order valence-corrected chi connectivity index (χ2v) is 10.6. The molecule has 4 heteroatoms. The Balaban J connectivity index is -0.000000125. The Morgan fingerprint density at radius 3 is 1.25 bits per heavy atom. The van der Waals surface area contributed by atoms with Crippen LogP contribution in [0.5, 0.6) is 0 Å². The van der Waals surface area contributed by atoms with Crippen molar-refractivity contribution in [2.24, 2.45) is 0 Å². The maximum atomic E-state index is 2.47. The average Bonchev–Trinajstić information content (AvgIpc) is 1.35. The molecule has 0 fully saturated rings. The Labute approximate surface area is 79.3 Å². The summed E-state index contributed by atoms with van der Waals surface area (Å²) in [6.45, 7) is 7.08. The normalized spacial score (nSPS) is 8.62. The van der Waals surface area contributed by atoms with Gasteiger partial charge in [0.05, 0.1) is 0 Å². The van der Waals surface area contributed by atoms with Crippen LogP contribution < -0.4 is 24.8 Å². The van der Waals surface area contributed by atoms with Gasteiger partial charge in [0.2, 0.25) is 0 Å². The van der Waals surface area contributed by atoms with Crippen molar-refractivity contribution in [3.8, 4) is 0 Å². The van der Waals surface area contributed by atoms with E-state index in [0.29, 0.717) is 0 Å². The minimum atomic E-state index is -0.694. The molecule has 0 atom stereocenters. The van der Waals surface area contributed by atoms with E-state index in [1.807, 2.05) is 0 Å². The van der Waals surface area contributed by atoms with Gasteiger partial charge in [-0.3, -0.25) is 0 Å². The molecule has 0 aromatic carbocycles. The van der Waals surface area contributed by atoms with Crippen LogP contribution in [0, 0.1) is 0 Å². The summed E-state index contributed by atoms with van der Waals surface area (Å²) < 4.78 is 2.47. The minimum Gasteiger partial charge on any atom is -1.00 e. The summed E-state index contributed by atoms with van der Waals surface area (Å²) in [4.78, 5) is 0. The molecule has 0 saturated carbocycles. The summed E-state index contributed by atoms with van der Waals surface area (Å²) in [5.41, 5.74) is 0. The van der Waals surface area contributed by atoms with Crippen molar-refractivity contribution in [3.63, 3.8) is 0 Å². The first kappa shape index (κ1) is 16.3. The maximum Gasteiger partial charge on any atom is -1.00 e. The van der Waals surface area contributed by atoms with E-state index in [-0.39, 0.29) is 24.8 Å². The number of halogens is 2. The van der Waals surface area contributed by atoms with E-state index < -0.39 is 8.07 Å². The van der Waals surface area contributed by atoms with E-state index in [1.54, 1.807) is 0 Å². The Bertz CT molecular complexity index is 59.5. The zero-order valence-corrected chi connectivity index (χ0v) is 11.4. The van der Waals surface area contributed by atoms with Crippen LogP contribution in [0.15, 0.2) is 0 Å². The van der Waals surface area contributed by atoms with Gasteiger partial charge >= 0.3 is 55.0 Å². The maximum absolute atomic E-state index is 2.47. The molecule has 8 heavy (non-hydrogen) atoms. The zero-order valence-electron chi connectivity index (χ0n) is 5.33. The third-order valence-corrected chi connectivity index (χ3v) is 10.6. The fourth-order valence-corrected chi connectivity index (χ4v) is 0. The van der Waals surface area contributed by atoms with Gasteiger partial charge < -0.3 is 24.8 Å². The quantitative estimate of drug-likeness (QED) is 0.422. The monoisotopic (exact) mass is 336 g/mol. The smallest absolute Gasteiger partial charge is 1.00 e. The third-order valence-electron chi connectivity index (χ3n) is 0.433.